The van der Waals surface area contributed by atoms with Crippen molar-refractivity contribution in [2.75, 3.05) is 7.05 Å². The second-order valence-electron chi connectivity index (χ2n) is 4.13. The molecule has 1 aromatic rings. The first-order chi connectivity index (χ1) is 6.97. The molecule has 0 radical (unpaired) electrons. The zero-order valence-corrected chi connectivity index (χ0v) is 10.1. The molecule has 0 aliphatic heterocycles. The topological polar surface area (TPSA) is 29.1 Å². The molecule has 0 bridgehead atoms. The Morgan fingerprint density at radius 3 is 2.20 bits per heavy atom. The van der Waals surface area contributed by atoms with Crippen molar-refractivity contribution < 1.29 is 4.79 Å². The fourth-order valence-corrected chi connectivity index (χ4v) is 1.59. The summed E-state index contributed by atoms with van der Waals surface area (Å²) in [5.41, 5.74) is 4.30. The summed E-state index contributed by atoms with van der Waals surface area (Å²) in [6, 6.07) is 3.94. The summed E-state index contributed by atoms with van der Waals surface area (Å²) >= 11 is 0. The molecule has 0 spiro atoms. The van der Waals surface area contributed by atoms with Crippen LogP contribution in [0.15, 0.2) is 12.1 Å². The van der Waals surface area contributed by atoms with E-state index in [1.165, 1.54) is 11.1 Å². The van der Waals surface area contributed by atoms with Gasteiger partial charge in [-0.1, -0.05) is 6.07 Å². The Morgan fingerprint density at radius 2 is 1.67 bits per heavy atom. The number of likely N-dealkylation sites (N-methyl/N-ethyl adjacent to an activating group) is 1. The minimum atomic E-state index is -0.120. The lowest BCUT2D eigenvalue weighted by molar-refractivity contribution is 0.0954. The molecule has 82 valence electrons. The lowest BCUT2D eigenvalue weighted by Crippen LogP contribution is -2.31. The zero-order chi connectivity index (χ0) is 11.6. The van der Waals surface area contributed by atoms with E-state index in [-0.39, 0.29) is 11.8 Å². The van der Waals surface area contributed by atoms with Crippen LogP contribution in [0.3, 0.4) is 0 Å². The first kappa shape index (κ1) is 11.9. The van der Waals surface area contributed by atoms with E-state index < -0.39 is 0 Å². The number of hydrogen-bond donors (Lipinski definition) is 1. The van der Waals surface area contributed by atoms with Gasteiger partial charge in [-0.05, 0) is 57.5 Å². The van der Waals surface area contributed by atoms with Crippen LogP contribution in [0.25, 0.3) is 0 Å². The number of hydrogen-bond acceptors (Lipinski definition) is 2. The van der Waals surface area contributed by atoms with Crippen LogP contribution >= 0.6 is 0 Å². The van der Waals surface area contributed by atoms with Crippen LogP contribution in [0.5, 0.6) is 0 Å². The van der Waals surface area contributed by atoms with Gasteiger partial charge in [0.1, 0.15) is 0 Å². The molecule has 0 fully saturated rings. The van der Waals surface area contributed by atoms with Crippen LogP contribution in [0.1, 0.15) is 34.0 Å². The maximum Gasteiger partial charge on any atom is 0.179 e. The maximum absolute atomic E-state index is 12.0. The summed E-state index contributed by atoms with van der Waals surface area (Å²) in [7, 11) is 1.80. The Hall–Kier alpha value is -1.15. The number of nitrogens with one attached hydrogen (secondary N) is 1. The molecule has 1 aromatic carbocycles. The SMILES string of the molecule is CNC(C)C(=O)c1cc(C)c(C)cc1C. The summed E-state index contributed by atoms with van der Waals surface area (Å²) in [6.45, 7) is 7.98. The normalized spacial score (nSPS) is 12.6. The van der Waals surface area contributed by atoms with Crippen molar-refractivity contribution in [3.05, 3.63) is 34.4 Å². The summed E-state index contributed by atoms with van der Waals surface area (Å²) in [6.07, 6.45) is 0. The fraction of sp³-hybridized carbons (Fsp3) is 0.462. The molecule has 1 atom stereocenters. The Bertz CT molecular complexity index is 382. The Kier molecular flexibility index (Phi) is 3.64. The van der Waals surface area contributed by atoms with Gasteiger partial charge in [-0.25, -0.2) is 0 Å². The van der Waals surface area contributed by atoms with Crippen LogP contribution in [0, 0.1) is 20.8 Å². The third-order valence-electron chi connectivity index (χ3n) is 2.93. The smallest absolute Gasteiger partial charge is 0.179 e. The molecular formula is C13H19NO. The van der Waals surface area contributed by atoms with Gasteiger partial charge in [-0.3, -0.25) is 4.79 Å². The van der Waals surface area contributed by atoms with Gasteiger partial charge in [0.05, 0.1) is 6.04 Å². The molecule has 0 aromatic heterocycles. The van der Waals surface area contributed by atoms with E-state index in [4.69, 9.17) is 0 Å². The number of Topliss-reactive ketones (excluding diaryl/α,β-unsaturated/α-hetero) is 1. The van der Waals surface area contributed by atoms with Gasteiger partial charge in [0.2, 0.25) is 0 Å². The third kappa shape index (κ3) is 2.45. The van der Waals surface area contributed by atoms with Gasteiger partial charge in [0, 0.05) is 5.56 Å². The first-order valence-electron chi connectivity index (χ1n) is 5.26. The maximum atomic E-state index is 12.0. The van der Waals surface area contributed by atoms with Crippen molar-refractivity contribution in [2.24, 2.45) is 0 Å². The Labute approximate surface area is 91.7 Å². The second-order valence-corrected chi connectivity index (χ2v) is 4.13. The van der Waals surface area contributed by atoms with Crippen LogP contribution < -0.4 is 5.32 Å². The number of ketones is 1. The molecule has 1 unspecified atom stereocenters. The van der Waals surface area contributed by atoms with Gasteiger partial charge in [0.15, 0.2) is 5.78 Å². The van der Waals surface area contributed by atoms with Crippen molar-refractivity contribution in [3.8, 4) is 0 Å². The van der Waals surface area contributed by atoms with Gasteiger partial charge in [-0.15, -0.1) is 0 Å². The van der Waals surface area contributed by atoms with E-state index in [0.717, 1.165) is 11.1 Å². The molecule has 15 heavy (non-hydrogen) atoms. The number of aryl methyl sites for hydroxylation is 3. The largest absolute Gasteiger partial charge is 0.310 e. The highest BCUT2D eigenvalue weighted by molar-refractivity contribution is 6.01. The molecule has 1 rings (SSSR count). The standard InChI is InChI=1S/C13H19NO/c1-8-6-10(3)12(7-9(8)2)13(15)11(4)14-5/h6-7,11,14H,1-5H3. The van der Waals surface area contributed by atoms with E-state index in [9.17, 15) is 4.79 Å². The number of carbonyl (C=O) groups excluding carboxylic acids is 1. The number of carbonyl (C=O) groups is 1. The van der Waals surface area contributed by atoms with Crippen molar-refractivity contribution in [1.82, 2.24) is 5.32 Å². The van der Waals surface area contributed by atoms with E-state index in [0.29, 0.717) is 0 Å². The van der Waals surface area contributed by atoms with E-state index in [1.54, 1.807) is 7.05 Å². The van der Waals surface area contributed by atoms with Crippen molar-refractivity contribution in [1.29, 1.82) is 0 Å². The highest BCUT2D eigenvalue weighted by atomic mass is 16.1. The molecule has 0 aliphatic carbocycles. The zero-order valence-electron chi connectivity index (χ0n) is 10.1. The van der Waals surface area contributed by atoms with Crippen molar-refractivity contribution in [3.63, 3.8) is 0 Å². The van der Waals surface area contributed by atoms with Crippen LogP contribution in [-0.2, 0) is 0 Å². The average Bonchev–Trinajstić information content (AvgIpc) is 2.21. The lowest BCUT2D eigenvalue weighted by atomic mass is 9.95. The van der Waals surface area contributed by atoms with E-state index in [2.05, 4.69) is 18.3 Å². The van der Waals surface area contributed by atoms with Crippen LogP contribution in [-0.4, -0.2) is 18.9 Å². The first-order valence-corrected chi connectivity index (χ1v) is 5.26. The average molecular weight is 205 g/mol. The third-order valence-corrected chi connectivity index (χ3v) is 2.93. The highest BCUT2D eigenvalue weighted by Crippen LogP contribution is 2.16. The Morgan fingerprint density at radius 1 is 1.13 bits per heavy atom. The molecule has 0 aliphatic rings. The van der Waals surface area contributed by atoms with Gasteiger partial charge < -0.3 is 5.32 Å². The number of benzene rings is 1. The molecule has 0 saturated heterocycles. The minimum absolute atomic E-state index is 0.120. The molecule has 2 nitrogen and oxygen atoms in total. The predicted octanol–water partition coefficient (Wildman–Crippen LogP) is 2.40. The summed E-state index contributed by atoms with van der Waals surface area (Å²) in [4.78, 5) is 12.0. The fourth-order valence-electron chi connectivity index (χ4n) is 1.59. The second kappa shape index (κ2) is 4.58. The lowest BCUT2D eigenvalue weighted by Gasteiger charge is -2.13. The summed E-state index contributed by atoms with van der Waals surface area (Å²) < 4.78 is 0. The molecule has 0 amide bonds. The molecule has 0 saturated carbocycles. The van der Waals surface area contributed by atoms with Crippen molar-refractivity contribution >= 4 is 5.78 Å². The Balaban J connectivity index is 3.15. The van der Waals surface area contributed by atoms with Crippen LogP contribution in [0.2, 0.25) is 0 Å². The minimum Gasteiger partial charge on any atom is -0.310 e. The highest BCUT2D eigenvalue weighted by Gasteiger charge is 2.15. The monoisotopic (exact) mass is 205 g/mol. The van der Waals surface area contributed by atoms with Gasteiger partial charge in [-0.2, -0.15) is 0 Å². The molecule has 2 heteroatoms. The summed E-state index contributed by atoms with van der Waals surface area (Å²) in [5.74, 6) is 0.165. The molecule has 0 heterocycles. The predicted molar refractivity (Wildman–Crippen MR) is 63.5 cm³/mol. The quantitative estimate of drug-likeness (QED) is 0.768. The van der Waals surface area contributed by atoms with Crippen molar-refractivity contribution in [2.45, 2.75) is 33.7 Å². The van der Waals surface area contributed by atoms with Gasteiger partial charge in [0.25, 0.3) is 0 Å². The number of rotatable bonds is 3. The van der Waals surface area contributed by atoms with Gasteiger partial charge >= 0.3 is 0 Å². The van der Waals surface area contributed by atoms with E-state index >= 15 is 0 Å². The summed E-state index contributed by atoms with van der Waals surface area (Å²) in [5, 5.41) is 2.97. The molecular weight excluding hydrogens is 186 g/mol. The van der Waals surface area contributed by atoms with Crippen LogP contribution in [0.4, 0.5) is 0 Å². The van der Waals surface area contributed by atoms with E-state index in [1.807, 2.05) is 26.8 Å². The molecule has 1 N–H and O–H groups in total.